The van der Waals surface area contributed by atoms with Crippen molar-refractivity contribution in [3.05, 3.63) is 41.3 Å². The van der Waals surface area contributed by atoms with Gasteiger partial charge in [0, 0.05) is 11.3 Å². The summed E-state index contributed by atoms with van der Waals surface area (Å²) in [5.74, 6) is 1.13. The molecule has 0 bridgehead atoms. The summed E-state index contributed by atoms with van der Waals surface area (Å²) in [7, 11) is 0. The highest BCUT2D eigenvalue weighted by atomic mass is 19.1. The molecule has 168 valence electrons. The van der Waals surface area contributed by atoms with Crippen molar-refractivity contribution in [2.45, 2.75) is 64.6 Å². The minimum atomic E-state index is -0.998. The van der Waals surface area contributed by atoms with Crippen LogP contribution in [0.25, 0.3) is 22.3 Å². The van der Waals surface area contributed by atoms with Crippen molar-refractivity contribution in [3.8, 4) is 17.0 Å². The molecule has 2 aliphatic rings. The van der Waals surface area contributed by atoms with E-state index in [1.165, 1.54) is 19.2 Å². The highest BCUT2D eigenvalue weighted by molar-refractivity contribution is 6.09. The van der Waals surface area contributed by atoms with Gasteiger partial charge in [-0.05, 0) is 57.6 Å². The maximum Gasteiger partial charge on any atom is 0.255 e. The van der Waals surface area contributed by atoms with Crippen LogP contribution >= 0.6 is 0 Å². The van der Waals surface area contributed by atoms with Crippen LogP contribution in [-0.4, -0.2) is 39.7 Å². The Balaban J connectivity index is 1.51. The average Bonchev–Trinajstić information content (AvgIpc) is 3.54. The number of aromatic amines is 1. The fraction of sp³-hybridized carbons (Fsp3) is 0.480. The van der Waals surface area contributed by atoms with Crippen molar-refractivity contribution >= 4 is 16.9 Å². The molecule has 0 saturated heterocycles. The summed E-state index contributed by atoms with van der Waals surface area (Å²) >= 11 is 0. The van der Waals surface area contributed by atoms with Crippen molar-refractivity contribution in [1.29, 1.82) is 0 Å². The number of ether oxygens (including phenoxy) is 1. The number of hydrogen-bond donors (Lipinski definition) is 2. The Bertz CT molecular complexity index is 1150. The zero-order chi connectivity index (χ0) is 22.2. The second-order valence-electron chi connectivity index (χ2n) is 9.21. The number of amides is 1. The molecule has 2 atom stereocenters. The highest BCUT2D eigenvalue weighted by Crippen LogP contribution is 2.37. The van der Waals surface area contributed by atoms with Gasteiger partial charge in [0.1, 0.15) is 29.5 Å². The van der Waals surface area contributed by atoms with Gasteiger partial charge < -0.3 is 15.0 Å². The van der Waals surface area contributed by atoms with Gasteiger partial charge >= 0.3 is 0 Å². The Kier molecular flexibility index (Phi) is 5.57. The molecule has 2 heterocycles. The van der Waals surface area contributed by atoms with E-state index in [0.717, 1.165) is 29.7 Å². The van der Waals surface area contributed by atoms with Crippen LogP contribution in [0.1, 0.15) is 60.1 Å². The van der Waals surface area contributed by atoms with Crippen LogP contribution in [0.2, 0.25) is 0 Å². The number of carbonyl (C=O) groups excluding carboxylic acids is 1. The first-order valence-corrected chi connectivity index (χ1v) is 11.5. The normalized spacial score (nSPS) is 21.0. The number of aromatic nitrogens is 3. The molecule has 0 radical (unpaired) electrons. The van der Waals surface area contributed by atoms with Crippen molar-refractivity contribution in [3.63, 3.8) is 0 Å². The Morgan fingerprint density at radius 2 is 2.00 bits per heavy atom. The molecule has 2 saturated carbocycles. The Hall–Kier alpha value is -2.96. The van der Waals surface area contributed by atoms with Crippen LogP contribution in [0, 0.1) is 19.8 Å². The molecule has 5 rings (SSSR count). The Morgan fingerprint density at radius 3 is 2.78 bits per heavy atom. The van der Waals surface area contributed by atoms with Crippen LogP contribution in [-0.2, 0) is 0 Å². The van der Waals surface area contributed by atoms with E-state index in [0.29, 0.717) is 53.4 Å². The molecule has 2 aliphatic carbocycles. The largest absolute Gasteiger partial charge is 0.493 e. The lowest BCUT2D eigenvalue weighted by atomic mass is 9.93. The van der Waals surface area contributed by atoms with E-state index in [4.69, 9.17) is 4.74 Å². The van der Waals surface area contributed by atoms with E-state index >= 15 is 0 Å². The molecular weight excluding hydrogens is 407 g/mol. The summed E-state index contributed by atoms with van der Waals surface area (Å²) in [6.07, 6.45) is 5.89. The van der Waals surface area contributed by atoms with E-state index in [-0.39, 0.29) is 5.91 Å². The molecule has 32 heavy (non-hydrogen) atoms. The van der Waals surface area contributed by atoms with Gasteiger partial charge in [0.2, 0.25) is 0 Å². The van der Waals surface area contributed by atoms with E-state index in [1.54, 1.807) is 0 Å². The lowest BCUT2D eigenvalue weighted by Gasteiger charge is -2.26. The van der Waals surface area contributed by atoms with E-state index in [2.05, 4.69) is 26.3 Å². The van der Waals surface area contributed by atoms with Gasteiger partial charge in [0.25, 0.3) is 5.91 Å². The summed E-state index contributed by atoms with van der Waals surface area (Å²) in [6, 6.07) is 5.62. The third kappa shape index (κ3) is 4.08. The number of benzene rings is 1. The number of aryl methyl sites for hydroxylation is 2. The van der Waals surface area contributed by atoms with Crippen molar-refractivity contribution < 1.29 is 13.9 Å². The minimum Gasteiger partial charge on any atom is -0.493 e. The van der Waals surface area contributed by atoms with Gasteiger partial charge in [-0.15, -0.1) is 0 Å². The van der Waals surface area contributed by atoms with Crippen LogP contribution in [0.3, 0.4) is 0 Å². The first-order chi connectivity index (χ1) is 15.5. The second kappa shape index (κ2) is 8.52. The predicted octanol–water partition coefficient (Wildman–Crippen LogP) is 5.04. The fourth-order valence-electron chi connectivity index (χ4n) is 4.54. The Morgan fingerprint density at radius 1 is 1.19 bits per heavy atom. The molecule has 0 aliphatic heterocycles. The number of carbonyl (C=O) groups is 1. The van der Waals surface area contributed by atoms with E-state index < -0.39 is 12.2 Å². The number of rotatable bonds is 6. The van der Waals surface area contributed by atoms with Crippen molar-refractivity contribution in [2.24, 2.45) is 5.92 Å². The first kappa shape index (κ1) is 20.9. The molecule has 1 aromatic carbocycles. The van der Waals surface area contributed by atoms with Gasteiger partial charge in [-0.2, -0.15) is 0 Å². The summed E-state index contributed by atoms with van der Waals surface area (Å²) in [4.78, 5) is 25.4. The smallest absolute Gasteiger partial charge is 0.255 e. The Labute approximate surface area is 187 Å². The zero-order valence-electron chi connectivity index (χ0n) is 18.6. The molecule has 2 aromatic heterocycles. The lowest BCUT2D eigenvalue weighted by molar-refractivity contribution is 0.0885. The third-order valence-electron chi connectivity index (χ3n) is 6.56. The quantitative estimate of drug-likeness (QED) is 0.567. The fourth-order valence-corrected chi connectivity index (χ4v) is 4.54. The molecule has 1 amide bonds. The predicted molar refractivity (Wildman–Crippen MR) is 122 cm³/mol. The molecular formula is C25H29FN4O2. The summed E-state index contributed by atoms with van der Waals surface area (Å²) in [5, 5.41) is 2.90. The van der Waals surface area contributed by atoms with Crippen LogP contribution in [0.15, 0.2) is 24.5 Å². The molecule has 7 heteroatoms. The number of fused-ring (bicyclic) bond motifs is 1. The van der Waals surface area contributed by atoms with Crippen molar-refractivity contribution in [1.82, 2.24) is 20.3 Å². The first-order valence-electron chi connectivity index (χ1n) is 11.5. The van der Waals surface area contributed by atoms with Gasteiger partial charge in [0.05, 0.1) is 23.7 Å². The number of alkyl halides is 1. The summed E-state index contributed by atoms with van der Waals surface area (Å²) in [5.41, 5.74) is 5.06. The monoisotopic (exact) mass is 436 g/mol. The summed E-state index contributed by atoms with van der Waals surface area (Å²) < 4.78 is 20.4. The highest BCUT2D eigenvalue weighted by Gasteiger charge is 2.29. The molecule has 2 N–H and O–H groups in total. The van der Waals surface area contributed by atoms with Crippen LogP contribution in [0.4, 0.5) is 4.39 Å². The number of hydrogen-bond acceptors (Lipinski definition) is 4. The van der Waals surface area contributed by atoms with Crippen molar-refractivity contribution in [2.75, 3.05) is 6.61 Å². The van der Waals surface area contributed by atoms with Crippen LogP contribution in [0.5, 0.6) is 5.75 Å². The number of H-pyrrole nitrogens is 1. The third-order valence-corrected chi connectivity index (χ3v) is 6.56. The second-order valence-corrected chi connectivity index (χ2v) is 9.21. The maximum absolute atomic E-state index is 14.3. The zero-order valence-corrected chi connectivity index (χ0v) is 18.6. The maximum atomic E-state index is 14.3. The standard InChI is InChI=1S/C25H29FN4O2/c1-14-7-10-20(32-12-16-8-9-16)17(11-14)22-24-23(28-13-27-22)21(15(2)29-24)25(31)30-19-6-4-3-5-18(19)26/h7,10-11,13,16,18-19,29H,3-6,8-9,12H2,1-2H3,(H,30,31)/t18-,19+/m0/s1. The topological polar surface area (TPSA) is 79.9 Å². The minimum absolute atomic E-state index is 0.289. The van der Waals surface area contributed by atoms with Gasteiger partial charge in [-0.25, -0.2) is 14.4 Å². The molecule has 2 fully saturated rings. The van der Waals surface area contributed by atoms with E-state index in [9.17, 15) is 9.18 Å². The average molecular weight is 437 g/mol. The molecule has 3 aromatic rings. The lowest BCUT2D eigenvalue weighted by Crippen LogP contribution is -2.43. The number of nitrogens with one attached hydrogen (secondary N) is 2. The van der Waals surface area contributed by atoms with Gasteiger partial charge in [-0.1, -0.05) is 24.5 Å². The number of halogens is 1. The number of nitrogens with zero attached hydrogens (tertiary/aromatic N) is 2. The summed E-state index contributed by atoms with van der Waals surface area (Å²) in [6.45, 7) is 4.57. The van der Waals surface area contributed by atoms with Crippen LogP contribution < -0.4 is 10.1 Å². The van der Waals surface area contributed by atoms with Gasteiger partial charge in [0.15, 0.2) is 0 Å². The van der Waals surface area contributed by atoms with E-state index in [1.807, 2.05) is 26.0 Å². The molecule has 6 nitrogen and oxygen atoms in total. The molecule has 0 unspecified atom stereocenters. The molecule has 0 spiro atoms. The SMILES string of the molecule is Cc1ccc(OCC2CC2)c(-c2ncnc3c(C(=O)N[C@@H]4CCCC[C@@H]4F)c(C)[nH]c23)c1. The van der Waals surface area contributed by atoms with Gasteiger partial charge in [-0.3, -0.25) is 4.79 Å².